The molecule has 1 aliphatic rings. The molecule has 0 saturated heterocycles. The Morgan fingerprint density at radius 1 is 1.19 bits per heavy atom. The second kappa shape index (κ2) is 7.09. The van der Waals surface area contributed by atoms with E-state index in [9.17, 15) is 17.6 Å². The maximum absolute atomic E-state index is 13.2. The van der Waals surface area contributed by atoms with Gasteiger partial charge in [0.1, 0.15) is 17.3 Å². The second-order valence-corrected chi connectivity index (χ2v) is 6.52. The van der Waals surface area contributed by atoms with Crippen molar-refractivity contribution in [1.29, 1.82) is 0 Å². The van der Waals surface area contributed by atoms with Gasteiger partial charge in [0.2, 0.25) is 0 Å². The van der Waals surface area contributed by atoms with Crippen LogP contribution in [0.4, 0.5) is 29.1 Å². The number of halogens is 4. The number of rotatable bonds is 5. The highest BCUT2D eigenvalue weighted by atomic mass is 19.4. The van der Waals surface area contributed by atoms with E-state index in [-0.39, 0.29) is 12.2 Å². The molecule has 1 aliphatic heterocycles. The van der Waals surface area contributed by atoms with Gasteiger partial charge in [-0.05, 0) is 37.1 Å². The van der Waals surface area contributed by atoms with E-state index >= 15 is 0 Å². The number of amidine groups is 1. The van der Waals surface area contributed by atoms with Crippen molar-refractivity contribution in [1.82, 2.24) is 9.55 Å². The molecule has 140 valence electrons. The van der Waals surface area contributed by atoms with Crippen molar-refractivity contribution in [2.45, 2.75) is 46.0 Å². The smallest absolute Gasteiger partial charge is 0.324 e. The molecule has 0 bridgehead atoms. The van der Waals surface area contributed by atoms with Gasteiger partial charge in [0.15, 0.2) is 5.82 Å². The lowest BCUT2D eigenvalue weighted by molar-refractivity contribution is -0.142. The van der Waals surface area contributed by atoms with E-state index in [1.54, 1.807) is 25.4 Å². The van der Waals surface area contributed by atoms with Gasteiger partial charge in [-0.3, -0.25) is 0 Å². The molecule has 0 amide bonds. The maximum Gasteiger partial charge on any atom is 0.389 e. The van der Waals surface area contributed by atoms with Crippen LogP contribution in [0, 0.1) is 11.7 Å². The largest absolute Gasteiger partial charge is 0.389 e. The molecule has 3 rings (SSSR count). The lowest BCUT2D eigenvalue weighted by Gasteiger charge is -2.30. The molecule has 0 N–H and O–H groups in total. The molecule has 1 aromatic heterocycles. The standard InChI is InChI=1S/C18H20F4N4/c1-3-25-11-23-15-10-26(14-6-4-13(19)5-7-14)16(24-17(15)25)8-12(2)9-18(20,21)22/h4-7,11-12H,3,8-10H2,1-2H3. The Kier molecular flexibility index (Phi) is 5.02. The molecule has 26 heavy (non-hydrogen) atoms. The van der Waals surface area contributed by atoms with Gasteiger partial charge in [-0.25, -0.2) is 14.4 Å². The van der Waals surface area contributed by atoms with Crippen LogP contribution in [0.15, 0.2) is 35.6 Å². The Labute approximate surface area is 149 Å². The summed E-state index contributed by atoms with van der Waals surface area (Å²) in [7, 11) is 0. The summed E-state index contributed by atoms with van der Waals surface area (Å²) in [5.41, 5.74) is 1.43. The summed E-state index contributed by atoms with van der Waals surface area (Å²) in [4.78, 5) is 10.8. The summed E-state index contributed by atoms with van der Waals surface area (Å²) in [6, 6.07) is 5.85. The Balaban J connectivity index is 1.94. The number of anilines is 1. The van der Waals surface area contributed by atoms with Crippen molar-refractivity contribution >= 4 is 17.3 Å². The number of alkyl halides is 3. The van der Waals surface area contributed by atoms with Crippen LogP contribution in [-0.2, 0) is 13.1 Å². The molecule has 1 aromatic carbocycles. The molecule has 0 spiro atoms. The van der Waals surface area contributed by atoms with Crippen LogP contribution >= 0.6 is 0 Å². The summed E-state index contributed by atoms with van der Waals surface area (Å²) < 4.78 is 53.3. The second-order valence-electron chi connectivity index (χ2n) is 6.52. The molecule has 2 heterocycles. The number of benzene rings is 1. The van der Waals surface area contributed by atoms with E-state index in [1.807, 2.05) is 16.4 Å². The highest BCUT2D eigenvalue weighted by Crippen LogP contribution is 2.33. The summed E-state index contributed by atoms with van der Waals surface area (Å²) in [5, 5.41) is 0. The molecular weight excluding hydrogens is 348 g/mol. The zero-order valence-corrected chi connectivity index (χ0v) is 14.6. The minimum atomic E-state index is -4.22. The minimum Gasteiger partial charge on any atom is -0.324 e. The number of aryl methyl sites for hydroxylation is 1. The van der Waals surface area contributed by atoms with Gasteiger partial charge in [0.05, 0.1) is 12.9 Å². The molecular formula is C18H20F4N4. The van der Waals surface area contributed by atoms with Gasteiger partial charge in [0, 0.05) is 25.1 Å². The van der Waals surface area contributed by atoms with Gasteiger partial charge < -0.3 is 9.47 Å². The summed E-state index contributed by atoms with van der Waals surface area (Å²) in [6.45, 7) is 4.58. The van der Waals surface area contributed by atoms with Crippen LogP contribution in [0.25, 0.3) is 0 Å². The number of hydrogen-bond donors (Lipinski definition) is 0. The number of aliphatic imine (C=N–C) groups is 1. The van der Waals surface area contributed by atoms with Crippen molar-refractivity contribution in [3.05, 3.63) is 42.1 Å². The van der Waals surface area contributed by atoms with Crippen LogP contribution in [-0.4, -0.2) is 21.6 Å². The Bertz CT molecular complexity index is 793. The van der Waals surface area contributed by atoms with E-state index in [0.29, 0.717) is 30.4 Å². The van der Waals surface area contributed by atoms with Crippen molar-refractivity contribution in [2.75, 3.05) is 4.90 Å². The first-order chi connectivity index (χ1) is 12.3. The fourth-order valence-electron chi connectivity index (χ4n) is 3.11. The third-order valence-electron chi connectivity index (χ3n) is 4.33. The predicted octanol–water partition coefficient (Wildman–Crippen LogP) is 5.07. The van der Waals surface area contributed by atoms with Crippen molar-refractivity contribution in [2.24, 2.45) is 10.9 Å². The monoisotopic (exact) mass is 368 g/mol. The first-order valence-corrected chi connectivity index (χ1v) is 8.48. The third-order valence-corrected chi connectivity index (χ3v) is 4.33. The molecule has 1 unspecified atom stereocenters. The average Bonchev–Trinajstić information content (AvgIpc) is 2.95. The number of aromatic nitrogens is 2. The fourth-order valence-corrected chi connectivity index (χ4v) is 3.11. The average molecular weight is 368 g/mol. The first kappa shape index (κ1) is 18.4. The highest BCUT2D eigenvalue weighted by Gasteiger charge is 2.32. The normalized spacial score (nSPS) is 15.6. The van der Waals surface area contributed by atoms with Gasteiger partial charge in [-0.2, -0.15) is 13.2 Å². The Hall–Kier alpha value is -2.38. The number of fused-ring (bicyclic) bond motifs is 1. The van der Waals surface area contributed by atoms with E-state index in [2.05, 4.69) is 9.98 Å². The van der Waals surface area contributed by atoms with E-state index in [0.717, 1.165) is 5.69 Å². The summed E-state index contributed by atoms with van der Waals surface area (Å²) >= 11 is 0. The number of imidazole rings is 1. The van der Waals surface area contributed by atoms with Gasteiger partial charge in [0.25, 0.3) is 0 Å². The van der Waals surface area contributed by atoms with Crippen LogP contribution in [0.5, 0.6) is 0 Å². The Morgan fingerprint density at radius 3 is 2.50 bits per heavy atom. The van der Waals surface area contributed by atoms with E-state index in [1.165, 1.54) is 12.1 Å². The lowest BCUT2D eigenvalue weighted by Crippen LogP contribution is -2.34. The molecule has 4 nitrogen and oxygen atoms in total. The van der Waals surface area contributed by atoms with Crippen LogP contribution in [0.1, 0.15) is 32.4 Å². The van der Waals surface area contributed by atoms with Crippen molar-refractivity contribution in [3.8, 4) is 0 Å². The van der Waals surface area contributed by atoms with Crippen molar-refractivity contribution in [3.63, 3.8) is 0 Å². The summed E-state index contributed by atoms with van der Waals surface area (Å²) in [5.74, 6) is 0.234. The Morgan fingerprint density at radius 2 is 1.88 bits per heavy atom. The van der Waals surface area contributed by atoms with Gasteiger partial charge >= 0.3 is 6.18 Å². The molecule has 0 fully saturated rings. The van der Waals surface area contributed by atoms with Crippen LogP contribution < -0.4 is 4.90 Å². The van der Waals surface area contributed by atoms with Crippen LogP contribution in [0.2, 0.25) is 0 Å². The first-order valence-electron chi connectivity index (χ1n) is 8.48. The maximum atomic E-state index is 13.2. The topological polar surface area (TPSA) is 33.4 Å². The molecule has 0 aliphatic carbocycles. The predicted molar refractivity (Wildman–Crippen MR) is 92.0 cm³/mol. The summed E-state index contributed by atoms with van der Waals surface area (Å²) in [6.07, 6.45) is -3.24. The van der Waals surface area contributed by atoms with Gasteiger partial charge in [-0.15, -0.1) is 0 Å². The fraction of sp³-hybridized carbons (Fsp3) is 0.444. The van der Waals surface area contributed by atoms with Crippen molar-refractivity contribution < 1.29 is 17.6 Å². The molecule has 0 radical (unpaired) electrons. The SMILES string of the molecule is CCn1cnc2c1N=C(CC(C)CC(F)(F)F)N(c1ccc(F)cc1)C2. The lowest BCUT2D eigenvalue weighted by atomic mass is 10.0. The van der Waals surface area contributed by atoms with E-state index < -0.39 is 18.5 Å². The highest BCUT2D eigenvalue weighted by molar-refractivity contribution is 6.00. The number of hydrogen-bond acceptors (Lipinski definition) is 3. The minimum absolute atomic E-state index is 0.172. The molecule has 0 saturated carbocycles. The quantitative estimate of drug-likeness (QED) is 0.691. The number of nitrogens with zero attached hydrogens (tertiary/aromatic N) is 4. The van der Waals surface area contributed by atoms with Gasteiger partial charge in [-0.1, -0.05) is 6.92 Å². The molecule has 1 atom stereocenters. The third kappa shape index (κ3) is 4.05. The van der Waals surface area contributed by atoms with E-state index in [4.69, 9.17) is 0 Å². The molecule has 8 heteroatoms. The zero-order chi connectivity index (χ0) is 18.9. The zero-order valence-electron chi connectivity index (χ0n) is 14.6. The molecule has 2 aromatic rings. The van der Waals surface area contributed by atoms with Crippen LogP contribution in [0.3, 0.4) is 0 Å².